The molecule has 1 aromatic rings. The van der Waals surface area contributed by atoms with Crippen molar-refractivity contribution in [3.05, 3.63) is 22.4 Å². The molecular formula is C10H13BrN2O3. The maximum absolute atomic E-state index is 11.6. The number of halogens is 1. The first-order valence-corrected chi connectivity index (χ1v) is 5.58. The Hall–Kier alpha value is -1.30. The Morgan fingerprint density at radius 1 is 1.56 bits per heavy atom. The van der Waals surface area contributed by atoms with E-state index in [0.29, 0.717) is 11.1 Å². The summed E-state index contributed by atoms with van der Waals surface area (Å²) >= 11 is 3.21. The molecule has 16 heavy (non-hydrogen) atoms. The summed E-state index contributed by atoms with van der Waals surface area (Å²) in [5.41, 5.74) is 0.166. The molecule has 1 heterocycles. The summed E-state index contributed by atoms with van der Waals surface area (Å²) < 4.78 is 2.15. The van der Waals surface area contributed by atoms with Gasteiger partial charge in [0, 0.05) is 19.8 Å². The van der Waals surface area contributed by atoms with E-state index in [4.69, 9.17) is 5.11 Å². The molecule has 0 aromatic carbocycles. The molecule has 88 valence electrons. The molecule has 0 aliphatic rings. The van der Waals surface area contributed by atoms with Gasteiger partial charge in [-0.05, 0) is 28.9 Å². The van der Waals surface area contributed by atoms with Crippen molar-refractivity contribution >= 4 is 27.8 Å². The van der Waals surface area contributed by atoms with Gasteiger partial charge in [0.2, 0.25) is 5.91 Å². The molecule has 1 aromatic heterocycles. The van der Waals surface area contributed by atoms with Crippen molar-refractivity contribution in [1.82, 2.24) is 9.47 Å². The van der Waals surface area contributed by atoms with Gasteiger partial charge in [0.05, 0.1) is 10.2 Å². The first-order chi connectivity index (χ1) is 7.45. The van der Waals surface area contributed by atoms with Gasteiger partial charge in [-0.25, -0.2) is 4.79 Å². The van der Waals surface area contributed by atoms with Crippen LogP contribution in [-0.2, 0) is 11.3 Å². The largest absolute Gasteiger partial charge is 0.478 e. The average Bonchev–Trinajstić information content (AvgIpc) is 2.59. The van der Waals surface area contributed by atoms with E-state index in [1.165, 1.54) is 12.3 Å². The molecule has 0 aliphatic carbocycles. The summed E-state index contributed by atoms with van der Waals surface area (Å²) in [6, 6.07) is 1.47. The minimum Gasteiger partial charge on any atom is -0.478 e. The number of likely N-dealkylation sites (N-methyl/N-ethyl adjacent to an activating group) is 1. The van der Waals surface area contributed by atoms with Crippen LogP contribution < -0.4 is 0 Å². The molecule has 0 spiro atoms. The van der Waals surface area contributed by atoms with Crippen molar-refractivity contribution in [2.75, 3.05) is 13.6 Å². The number of nitrogens with zero attached hydrogens (tertiary/aromatic N) is 2. The number of aromatic nitrogens is 1. The zero-order chi connectivity index (χ0) is 12.3. The minimum absolute atomic E-state index is 0.0595. The fourth-order valence-corrected chi connectivity index (χ4v) is 1.63. The second kappa shape index (κ2) is 5.16. The number of aromatic carboxylic acids is 1. The summed E-state index contributed by atoms with van der Waals surface area (Å²) in [5.74, 6) is -1.06. The van der Waals surface area contributed by atoms with Crippen molar-refractivity contribution in [3.8, 4) is 0 Å². The van der Waals surface area contributed by atoms with Crippen LogP contribution in [0.15, 0.2) is 16.9 Å². The molecule has 1 amide bonds. The number of hydrogen-bond acceptors (Lipinski definition) is 2. The van der Waals surface area contributed by atoms with E-state index in [2.05, 4.69) is 15.9 Å². The molecule has 0 atom stereocenters. The van der Waals surface area contributed by atoms with Crippen LogP contribution in [0.3, 0.4) is 0 Å². The fourth-order valence-electron chi connectivity index (χ4n) is 1.16. The number of rotatable bonds is 4. The summed E-state index contributed by atoms with van der Waals surface area (Å²) in [7, 11) is 1.71. The maximum atomic E-state index is 11.6. The highest BCUT2D eigenvalue weighted by Gasteiger charge is 2.13. The van der Waals surface area contributed by atoms with Crippen LogP contribution >= 0.6 is 15.9 Å². The lowest BCUT2D eigenvalue weighted by Crippen LogP contribution is -2.29. The highest BCUT2D eigenvalue weighted by Crippen LogP contribution is 2.15. The number of amides is 1. The number of carboxylic acids is 1. The molecule has 0 aliphatic heterocycles. The third-order valence-corrected chi connectivity index (χ3v) is 2.98. The molecule has 0 unspecified atom stereocenters. The van der Waals surface area contributed by atoms with Crippen LogP contribution in [0.2, 0.25) is 0 Å². The second-order valence-electron chi connectivity index (χ2n) is 3.39. The van der Waals surface area contributed by atoms with Crippen molar-refractivity contribution in [1.29, 1.82) is 0 Å². The predicted molar refractivity (Wildman–Crippen MR) is 62.4 cm³/mol. The zero-order valence-corrected chi connectivity index (χ0v) is 10.7. The number of hydrogen-bond donors (Lipinski definition) is 1. The lowest BCUT2D eigenvalue weighted by molar-refractivity contribution is -0.130. The van der Waals surface area contributed by atoms with Crippen molar-refractivity contribution in [3.63, 3.8) is 0 Å². The monoisotopic (exact) mass is 288 g/mol. The molecule has 1 rings (SSSR count). The standard InChI is InChI=1S/C10H13BrN2O3/c1-3-12(2)9(14)6-13-5-7(10(15)16)4-8(13)11/h4-5H,3,6H2,1-2H3,(H,15,16). The van der Waals surface area contributed by atoms with Crippen molar-refractivity contribution in [2.24, 2.45) is 0 Å². The first-order valence-electron chi connectivity index (χ1n) is 4.78. The lowest BCUT2D eigenvalue weighted by atomic mass is 10.4. The van der Waals surface area contributed by atoms with Crippen LogP contribution in [0.1, 0.15) is 17.3 Å². The second-order valence-corrected chi connectivity index (χ2v) is 4.20. The Bertz CT molecular complexity index is 414. The smallest absolute Gasteiger partial charge is 0.337 e. The predicted octanol–water partition coefficient (Wildman–Crippen LogP) is 1.43. The Kier molecular flexibility index (Phi) is 4.12. The van der Waals surface area contributed by atoms with Crippen LogP contribution in [0.5, 0.6) is 0 Å². The summed E-state index contributed by atoms with van der Waals surface area (Å²) in [6.07, 6.45) is 1.44. The fraction of sp³-hybridized carbons (Fsp3) is 0.400. The van der Waals surface area contributed by atoms with E-state index in [-0.39, 0.29) is 18.0 Å². The van der Waals surface area contributed by atoms with E-state index in [1.54, 1.807) is 16.5 Å². The lowest BCUT2D eigenvalue weighted by Gasteiger charge is -2.15. The molecule has 0 bridgehead atoms. The Labute approximate surface area is 102 Å². The molecule has 0 saturated carbocycles. The Morgan fingerprint density at radius 3 is 2.62 bits per heavy atom. The van der Waals surface area contributed by atoms with Gasteiger partial charge in [0.25, 0.3) is 0 Å². The Morgan fingerprint density at radius 2 is 2.19 bits per heavy atom. The number of carbonyl (C=O) groups excluding carboxylic acids is 1. The number of carboxylic acid groups (broad SMARTS) is 1. The summed E-state index contributed by atoms with van der Waals surface area (Å²) in [4.78, 5) is 23.9. The third kappa shape index (κ3) is 2.85. The van der Waals surface area contributed by atoms with Gasteiger partial charge >= 0.3 is 5.97 Å². The van der Waals surface area contributed by atoms with E-state index in [0.717, 1.165) is 0 Å². The molecule has 0 fully saturated rings. The van der Waals surface area contributed by atoms with Gasteiger partial charge in [-0.2, -0.15) is 0 Å². The zero-order valence-electron chi connectivity index (χ0n) is 9.11. The summed E-state index contributed by atoms with van der Waals surface area (Å²) in [5, 5.41) is 8.78. The van der Waals surface area contributed by atoms with E-state index in [1.807, 2.05) is 6.92 Å². The van der Waals surface area contributed by atoms with Gasteiger partial charge in [-0.3, -0.25) is 4.79 Å². The highest BCUT2D eigenvalue weighted by atomic mass is 79.9. The molecule has 1 N–H and O–H groups in total. The topological polar surface area (TPSA) is 62.5 Å². The number of carbonyl (C=O) groups is 2. The van der Waals surface area contributed by atoms with Crippen LogP contribution in [0.4, 0.5) is 0 Å². The van der Waals surface area contributed by atoms with Crippen molar-refractivity contribution in [2.45, 2.75) is 13.5 Å². The maximum Gasteiger partial charge on any atom is 0.337 e. The van der Waals surface area contributed by atoms with Gasteiger partial charge < -0.3 is 14.6 Å². The van der Waals surface area contributed by atoms with E-state index in [9.17, 15) is 9.59 Å². The van der Waals surface area contributed by atoms with Gasteiger partial charge in [-0.1, -0.05) is 0 Å². The van der Waals surface area contributed by atoms with E-state index >= 15 is 0 Å². The highest BCUT2D eigenvalue weighted by molar-refractivity contribution is 9.10. The molecule has 6 heteroatoms. The van der Waals surface area contributed by atoms with Crippen LogP contribution in [0.25, 0.3) is 0 Å². The van der Waals surface area contributed by atoms with Gasteiger partial charge in [0.1, 0.15) is 6.54 Å². The van der Waals surface area contributed by atoms with Gasteiger partial charge in [0.15, 0.2) is 0 Å². The van der Waals surface area contributed by atoms with Gasteiger partial charge in [-0.15, -0.1) is 0 Å². The third-order valence-electron chi connectivity index (χ3n) is 2.30. The molecular weight excluding hydrogens is 276 g/mol. The normalized spacial score (nSPS) is 10.2. The quantitative estimate of drug-likeness (QED) is 0.912. The SMILES string of the molecule is CCN(C)C(=O)Cn1cc(C(=O)O)cc1Br. The van der Waals surface area contributed by atoms with E-state index < -0.39 is 5.97 Å². The average molecular weight is 289 g/mol. The van der Waals surface area contributed by atoms with Crippen LogP contribution in [0, 0.1) is 0 Å². The molecule has 0 saturated heterocycles. The minimum atomic E-state index is -1.00. The first kappa shape index (κ1) is 12.8. The van der Waals surface area contributed by atoms with Crippen LogP contribution in [-0.4, -0.2) is 40.0 Å². The summed E-state index contributed by atoms with van der Waals surface area (Å²) in [6.45, 7) is 2.65. The molecule has 0 radical (unpaired) electrons. The molecule has 5 nitrogen and oxygen atoms in total. The van der Waals surface area contributed by atoms with Crippen molar-refractivity contribution < 1.29 is 14.7 Å². The Balaban J connectivity index is 2.81.